The summed E-state index contributed by atoms with van der Waals surface area (Å²) in [5, 5.41) is 11.8. The van der Waals surface area contributed by atoms with Gasteiger partial charge in [-0.1, -0.05) is 17.3 Å². The normalized spacial score (nSPS) is 12.5. The first kappa shape index (κ1) is 15.3. The van der Waals surface area contributed by atoms with Crippen molar-refractivity contribution >= 4 is 5.84 Å². The molecular weight excluding hydrogens is 244 g/mol. The molecule has 0 aliphatic rings. The zero-order valence-electron chi connectivity index (χ0n) is 11.9. The number of benzene rings is 1. The van der Waals surface area contributed by atoms with E-state index in [2.05, 4.69) is 5.16 Å². The van der Waals surface area contributed by atoms with Crippen LogP contribution in [0.3, 0.4) is 0 Å². The Balaban J connectivity index is 2.72. The maximum absolute atomic E-state index is 8.76. The van der Waals surface area contributed by atoms with Crippen LogP contribution < -0.4 is 10.5 Å². The van der Waals surface area contributed by atoms with Crippen molar-refractivity contribution in [2.24, 2.45) is 10.9 Å². The number of nitrogens with zero attached hydrogens (tertiary/aromatic N) is 1. The van der Waals surface area contributed by atoms with Crippen molar-refractivity contribution < 1.29 is 14.7 Å². The summed E-state index contributed by atoms with van der Waals surface area (Å²) in [5.74, 6) is 0.658. The largest absolute Gasteiger partial charge is 0.490 e. The Morgan fingerprint density at radius 3 is 2.58 bits per heavy atom. The van der Waals surface area contributed by atoms with Gasteiger partial charge in [-0.15, -0.1) is 0 Å². The molecule has 0 bridgehead atoms. The monoisotopic (exact) mass is 266 g/mol. The molecule has 0 unspecified atom stereocenters. The molecule has 0 spiro atoms. The van der Waals surface area contributed by atoms with E-state index in [1.54, 1.807) is 6.07 Å². The smallest absolute Gasteiger partial charge is 0.173 e. The van der Waals surface area contributed by atoms with Gasteiger partial charge in [0.2, 0.25) is 0 Å². The number of rotatable bonds is 5. The number of hydrogen-bond acceptors (Lipinski definition) is 4. The molecule has 1 rings (SSSR count). The lowest BCUT2D eigenvalue weighted by Crippen LogP contribution is -2.23. The van der Waals surface area contributed by atoms with Gasteiger partial charge < -0.3 is 20.4 Å². The second-order valence-electron chi connectivity index (χ2n) is 5.25. The van der Waals surface area contributed by atoms with Crippen molar-refractivity contribution in [3.8, 4) is 5.75 Å². The lowest BCUT2D eigenvalue weighted by Gasteiger charge is -2.20. The molecule has 106 valence electrons. The maximum atomic E-state index is 8.76. The number of para-hydroxylation sites is 1. The van der Waals surface area contributed by atoms with Gasteiger partial charge in [0, 0.05) is 0 Å². The Hall–Kier alpha value is -1.75. The zero-order chi connectivity index (χ0) is 14.5. The molecule has 0 fully saturated rings. The minimum atomic E-state index is -0.191. The summed E-state index contributed by atoms with van der Waals surface area (Å²) in [6.07, 6.45) is 0. The van der Waals surface area contributed by atoms with E-state index in [-0.39, 0.29) is 11.4 Å². The second kappa shape index (κ2) is 6.43. The lowest BCUT2D eigenvalue weighted by atomic mass is 10.1. The summed E-state index contributed by atoms with van der Waals surface area (Å²) < 4.78 is 11.3. The molecule has 0 heterocycles. The molecule has 0 aliphatic carbocycles. The SMILES string of the molecule is Cc1cccc(/C(N)=N/O)c1OCCOC(C)(C)C. The van der Waals surface area contributed by atoms with Crippen molar-refractivity contribution in [3.05, 3.63) is 29.3 Å². The highest BCUT2D eigenvalue weighted by atomic mass is 16.5. The molecule has 5 heteroatoms. The molecule has 5 nitrogen and oxygen atoms in total. The number of amidine groups is 1. The minimum Gasteiger partial charge on any atom is -0.490 e. The van der Waals surface area contributed by atoms with Crippen molar-refractivity contribution in [2.75, 3.05) is 13.2 Å². The zero-order valence-corrected chi connectivity index (χ0v) is 11.9. The standard InChI is InChI=1S/C14H22N2O3/c1-10-6-5-7-11(13(15)16-17)12(10)18-8-9-19-14(2,3)4/h5-7,17H,8-9H2,1-4H3,(H2,15,16). The van der Waals surface area contributed by atoms with Crippen LogP contribution in [0.15, 0.2) is 23.4 Å². The molecule has 19 heavy (non-hydrogen) atoms. The first-order valence-corrected chi connectivity index (χ1v) is 6.19. The van der Waals surface area contributed by atoms with Gasteiger partial charge in [0.1, 0.15) is 12.4 Å². The van der Waals surface area contributed by atoms with Crippen LogP contribution in [0.2, 0.25) is 0 Å². The van der Waals surface area contributed by atoms with E-state index in [0.717, 1.165) is 5.56 Å². The number of aryl methyl sites for hydroxylation is 1. The van der Waals surface area contributed by atoms with Crippen LogP contribution >= 0.6 is 0 Å². The summed E-state index contributed by atoms with van der Waals surface area (Å²) in [5.41, 5.74) is 6.95. The summed E-state index contributed by atoms with van der Waals surface area (Å²) in [6, 6.07) is 5.50. The molecule has 0 aromatic heterocycles. The molecule has 0 radical (unpaired) electrons. The lowest BCUT2D eigenvalue weighted by molar-refractivity contribution is -0.0163. The van der Waals surface area contributed by atoms with Crippen LogP contribution in [-0.4, -0.2) is 29.9 Å². The average Bonchev–Trinajstić information content (AvgIpc) is 2.33. The first-order valence-electron chi connectivity index (χ1n) is 6.19. The molecule has 0 saturated heterocycles. The highest BCUT2D eigenvalue weighted by molar-refractivity contribution is 5.99. The minimum absolute atomic E-state index is 0.0374. The molecule has 0 saturated carbocycles. The van der Waals surface area contributed by atoms with E-state index in [9.17, 15) is 0 Å². The highest BCUT2D eigenvalue weighted by Gasteiger charge is 2.12. The number of hydrogen-bond donors (Lipinski definition) is 2. The fraction of sp³-hybridized carbons (Fsp3) is 0.500. The van der Waals surface area contributed by atoms with Gasteiger partial charge >= 0.3 is 0 Å². The van der Waals surface area contributed by atoms with E-state index in [4.69, 9.17) is 20.4 Å². The molecule has 1 aromatic rings. The molecule has 3 N–H and O–H groups in total. The quantitative estimate of drug-likeness (QED) is 0.282. The van der Waals surface area contributed by atoms with Crippen LogP contribution in [0.5, 0.6) is 5.75 Å². The predicted molar refractivity (Wildman–Crippen MR) is 74.9 cm³/mol. The van der Waals surface area contributed by atoms with E-state index < -0.39 is 0 Å². The third-order valence-corrected chi connectivity index (χ3v) is 2.46. The van der Waals surface area contributed by atoms with E-state index in [0.29, 0.717) is 24.5 Å². The van der Waals surface area contributed by atoms with Gasteiger partial charge in [-0.3, -0.25) is 0 Å². The Morgan fingerprint density at radius 2 is 2.00 bits per heavy atom. The van der Waals surface area contributed by atoms with Crippen molar-refractivity contribution in [3.63, 3.8) is 0 Å². The van der Waals surface area contributed by atoms with Crippen LogP contribution in [0.25, 0.3) is 0 Å². The van der Waals surface area contributed by atoms with Gasteiger partial charge in [-0.05, 0) is 39.3 Å². The molecule has 1 aromatic carbocycles. The first-order chi connectivity index (χ1) is 8.85. The third kappa shape index (κ3) is 4.79. The van der Waals surface area contributed by atoms with Gasteiger partial charge in [0.25, 0.3) is 0 Å². The fourth-order valence-electron chi connectivity index (χ4n) is 1.59. The van der Waals surface area contributed by atoms with Gasteiger partial charge in [0.15, 0.2) is 5.84 Å². The van der Waals surface area contributed by atoms with Crippen LogP contribution in [0.4, 0.5) is 0 Å². The number of nitrogens with two attached hydrogens (primary N) is 1. The Kier molecular flexibility index (Phi) is 5.18. The van der Waals surface area contributed by atoms with Crippen LogP contribution in [0.1, 0.15) is 31.9 Å². The van der Waals surface area contributed by atoms with Gasteiger partial charge in [-0.2, -0.15) is 0 Å². The molecule has 0 atom stereocenters. The summed E-state index contributed by atoms with van der Waals surface area (Å²) in [6.45, 7) is 8.77. The average molecular weight is 266 g/mol. The number of ether oxygens (including phenoxy) is 2. The number of oxime groups is 1. The van der Waals surface area contributed by atoms with Crippen LogP contribution in [-0.2, 0) is 4.74 Å². The van der Waals surface area contributed by atoms with Crippen molar-refractivity contribution in [1.82, 2.24) is 0 Å². The van der Waals surface area contributed by atoms with E-state index in [1.807, 2.05) is 39.8 Å². The van der Waals surface area contributed by atoms with E-state index >= 15 is 0 Å². The molecular formula is C14H22N2O3. The maximum Gasteiger partial charge on any atom is 0.173 e. The molecule has 0 aliphatic heterocycles. The van der Waals surface area contributed by atoms with Crippen molar-refractivity contribution in [2.45, 2.75) is 33.3 Å². The highest BCUT2D eigenvalue weighted by Crippen LogP contribution is 2.23. The Labute approximate surface area is 114 Å². The fourth-order valence-corrected chi connectivity index (χ4v) is 1.59. The topological polar surface area (TPSA) is 77.1 Å². The summed E-state index contributed by atoms with van der Waals surface area (Å²) >= 11 is 0. The van der Waals surface area contributed by atoms with Crippen LogP contribution in [0, 0.1) is 6.92 Å². The van der Waals surface area contributed by atoms with E-state index in [1.165, 1.54) is 0 Å². The Morgan fingerprint density at radius 1 is 1.32 bits per heavy atom. The summed E-state index contributed by atoms with van der Waals surface area (Å²) in [4.78, 5) is 0. The second-order valence-corrected chi connectivity index (χ2v) is 5.25. The third-order valence-electron chi connectivity index (χ3n) is 2.46. The predicted octanol–water partition coefficient (Wildman–Crippen LogP) is 2.28. The molecule has 0 amide bonds. The van der Waals surface area contributed by atoms with Crippen molar-refractivity contribution in [1.29, 1.82) is 0 Å². The van der Waals surface area contributed by atoms with Gasteiger partial charge in [0.05, 0.1) is 17.8 Å². The van der Waals surface area contributed by atoms with Gasteiger partial charge in [-0.25, -0.2) is 0 Å². The Bertz CT molecular complexity index is 450. The summed E-state index contributed by atoms with van der Waals surface area (Å²) in [7, 11) is 0.